The molecule has 0 spiro atoms. The molecule has 2 aromatic rings. The van der Waals surface area contributed by atoms with E-state index in [9.17, 15) is 0 Å². The van der Waals surface area contributed by atoms with Gasteiger partial charge >= 0.3 is 0 Å². The highest BCUT2D eigenvalue weighted by molar-refractivity contribution is 9.10. The minimum Gasteiger partial charge on any atom is -0.542 e. The topological polar surface area (TPSA) is 9.23 Å². The van der Waals surface area contributed by atoms with E-state index >= 15 is 0 Å². The molecule has 0 saturated carbocycles. The Morgan fingerprint density at radius 3 is 2.00 bits per heavy atom. The first-order valence-corrected chi connectivity index (χ1v) is 11.1. The molecule has 0 bridgehead atoms. The van der Waals surface area contributed by atoms with Gasteiger partial charge in [0.1, 0.15) is 5.75 Å². The van der Waals surface area contributed by atoms with Crippen LogP contribution in [-0.2, 0) is 0 Å². The van der Waals surface area contributed by atoms with Gasteiger partial charge in [-0.05, 0) is 46.3 Å². The van der Waals surface area contributed by atoms with Crippen LogP contribution >= 0.6 is 15.9 Å². The Bertz CT molecular complexity index is 627. The van der Waals surface area contributed by atoms with Crippen LogP contribution in [0.5, 0.6) is 5.75 Å². The van der Waals surface area contributed by atoms with Crippen LogP contribution in [0.2, 0.25) is 16.6 Å². The fraction of sp³-hybridized carbons (Fsp3) is 0.474. The number of hydrogen-bond acceptors (Lipinski definition) is 1. The predicted octanol–water partition coefficient (Wildman–Crippen LogP) is 7.16. The molecule has 0 atom stereocenters. The largest absolute Gasteiger partial charge is 0.542 e. The summed E-state index contributed by atoms with van der Waals surface area (Å²) in [6, 6.07) is 12.8. The first kappa shape index (κ1) is 17.5. The van der Waals surface area contributed by atoms with Crippen molar-refractivity contribution in [3.63, 3.8) is 0 Å². The number of hydrogen-bond donors (Lipinski definition) is 0. The van der Waals surface area contributed by atoms with E-state index in [1.807, 2.05) is 0 Å². The van der Waals surface area contributed by atoms with Crippen molar-refractivity contribution < 1.29 is 4.43 Å². The zero-order chi connectivity index (χ0) is 16.5. The van der Waals surface area contributed by atoms with Gasteiger partial charge in [0, 0.05) is 9.86 Å². The lowest BCUT2D eigenvalue weighted by Crippen LogP contribution is -2.50. The quantitative estimate of drug-likeness (QED) is 0.501. The molecule has 2 rings (SSSR count). The minimum absolute atomic E-state index is 0.582. The molecule has 0 saturated heterocycles. The van der Waals surface area contributed by atoms with E-state index in [0.29, 0.717) is 16.6 Å². The molecule has 0 heterocycles. The summed E-state index contributed by atoms with van der Waals surface area (Å²) in [5.74, 6) is 1.05. The Kier molecular flexibility index (Phi) is 5.39. The maximum atomic E-state index is 6.86. The SMILES string of the molecule is CC(C)[Si](Oc1cccc2cc(Br)ccc12)(C(C)C)C(C)C. The maximum absolute atomic E-state index is 6.86. The lowest BCUT2D eigenvalue weighted by atomic mass is 10.1. The van der Waals surface area contributed by atoms with E-state index in [0.717, 1.165) is 10.2 Å². The molecular formula is C19H27BrOSi. The Hall–Kier alpha value is -0.803. The molecule has 0 amide bonds. The molecular weight excluding hydrogens is 352 g/mol. The Morgan fingerprint density at radius 2 is 1.45 bits per heavy atom. The van der Waals surface area contributed by atoms with Gasteiger partial charge in [-0.3, -0.25) is 0 Å². The lowest BCUT2D eigenvalue weighted by Gasteiger charge is -2.42. The first-order chi connectivity index (χ1) is 10.3. The van der Waals surface area contributed by atoms with E-state index in [-0.39, 0.29) is 0 Å². The summed E-state index contributed by atoms with van der Waals surface area (Å²) in [6.45, 7) is 14.0. The Balaban J connectivity index is 2.56. The molecule has 0 fully saturated rings. The minimum atomic E-state index is -1.91. The van der Waals surface area contributed by atoms with Crippen molar-refractivity contribution in [3.05, 3.63) is 40.9 Å². The summed E-state index contributed by atoms with van der Waals surface area (Å²) in [7, 11) is -1.91. The van der Waals surface area contributed by atoms with Crippen molar-refractivity contribution in [3.8, 4) is 5.75 Å². The fourth-order valence-electron chi connectivity index (χ4n) is 3.86. The third-order valence-corrected chi connectivity index (χ3v) is 11.3. The molecule has 2 aromatic carbocycles. The summed E-state index contributed by atoms with van der Waals surface area (Å²) in [5, 5.41) is 2.44. The normalized spacial score (nSPS) is 12.6. The zero-order valence-electron chi connectivity index (χ0n) is 14.5. The van der Waals surface area contributed by atoms with Crippen LogP contribution in [-0.4, -0.2) is 8.32 Å². The molecule has 3 heteroatoms. The van der Waals surface area contributed by atoms with Crippen LogP contribution in [0.3, 0.4) is 0 Å². The van der Waals surface area contributed by atoms with E-state index in [1.54, 1.807) is 0 Å². The highest BCUT2D eigenvalue weighted by Gasteiger charge is 2.47. The van der Waals surface area contributed by atoms with Crippen molar-refractivity contribution in [1.82, 2.24) is 0 Å². The predicted molar refractivity (Wildman–Crippen MR) is 103 cm³/mol. The summed E-state index contributed by atoms with van der Waals surface area (Å²) >= 11 is 3.56. The van der Waals surface area contributed by atoms with Crippen molar-refractivity contribution in [2.45, 2.75) is 58.2 Å². The van der Waals surface area contributed by atoms with Crippen molar-refractivity contribution in [1.29, 1.82) is 0 Å². The molecule has 0 N–H and O–H groups in total. The van der Waals surface area contributed by atoms with Crippen molar-refractivity contribution >= 4 is 35.0 Å². The van der Waals surface area contributed by atoms with Gasteiger partial charge in [0.25, 0.3) is 8.32 Å². The van der Waals surface area contributed by atoms with Crippen molar-refractivity contribution in [2.75, 3.05) is 0 Å². The second-order valence-electron chi connectivity index (χ2n) is 7.04. The average molecular weight is 379 g/mol. The second kappa shape index (κ2) is 6.75. The van der Waals surface area contributed by atoms with Crippen LogP contribution in [0.4, 0.5) is 0 Å². The van der Waals surface area contributed by atoms with Gasteiger partial charge in [-0.1, -0.05) is 69.6 Å². The molecule has 0 radical (unpaired) electrons. The highest BCUT2D eigenvalue weighted by atomic mass is 79.9. The van der Waals surface area contributed by atoms with Crippen LogP contribution in [0.25, 0.3) is 10.8 Å². The maximum Gasteiger partial charge on any atom is 0.258 e. The van der Waals surface area contributed by atoms with E-state index in [1.165, 1.54) is 10.8 Å². The third-order valence-electron chi connectivity index (χ3n) is 4.80. The number of benzene rings is 2. The molecule has 0 aromatic heterocycles. The van der Waals surface area contributed by atoms with Crippen LogP contribution in [0.1, 0.15) is 41.5 Å². The van der Waals surface area contributed by atoms with E-state index in [4.69, 9.17) is 4.43 Å². The Morgan fingerprint density at radius 1 is 0.864 bits per heavy atom. The molecule has 0 aliphatic carbocycles. The van der Waals surface area contributed by atoms with Crippen LogP contribution in [0, 0.1) is 0 Å². The van der Waals surface area contributed by atoms with Crippen molar-refractivity contribution in [2.24, 2.45) is 0 Å². The lowest BCUT2D eigenvalue weighted by molar-refractivity contribution is 0.484. The van der Waals surface area contributed by atoms with Gasteiger partial charge in [0.2, 0.25) is 0 Å². The average Bonchev–Trinajstić information content (AvgIpc) is 2.43. The highest BCUT2D eigenvalue weighted by Crippen LogP contribution is 2.44. The monoisotopic (exact) mass is 378 g/mol. The number of fused-ring (bicyclic) bond motifs is 1. The van der Waals surface area contributed by atoms with Crippen LogP contribution in [0.15, 0.2) is 40.9 Å². The van der Waals surface area contributed by atoms with E-state index in [2.05, 4.69) is 93.9 Å². The third kappa shape index (κ3) is 3.11. The second-order valence-corrected chi connectivity index (χ2v) is 13.3. The molecule has 0 unspecified atom stereocenters. The first-order valence-electron chi connectivity index (χ1n) is 8.16. The van der Waals surface area contributed by atoms with Gasteiger partial charge in [0.15, 0.2) is 0 Å². The molecule has 22 heavy (non-hydrogen) atoms. The number of halogens is 1. The molecule has 0 aliphatic heterocycles. The van der Waals surface area contributed by atoms with Gasteiger partial charge in [-0.25, -0.2) is 0 Å². The standard InChI is InChI=1S/C19H27BrOSi/c1-13(2)22(14(3)4,15(5)6)21-19-9-7-8-16-12-17(20)10-11-18(16)19/h7-15H,1-6H3. The van der Waals surface area contributed by atoms with Gasteiger partial charge in [0.05, 0.1) is 0 Å². The van der Waals surface area contributed by atoms with Gasteiger partial charge in [-0.2, -0.15) is 0 Å². The van der Waals surface area contributed by atoms with Gasteiger partial charge < -0.3 is 4.43 Å². The smallest absolute Gasteiger partial charge is 0.258 e. The Labute approximate surface area is 144 Å². The summed E-state index contributed by atoms with van der Waals surface area (Å²) in [6.07, 6.45) is 0. The van der Waals surface area contributed by atoms with E-state index < -0.39 is 8.32 Å². The zero-order valence-corrected chi connectivity index (χ0v) is 17.1. The number of rotatable bonds is 5. The molecule has 1 nitrogen and oxygen atoms in total. The molecule has 120 valence electrons. The molecule has 0 aliphatic rings. The summed E-state index contributed by atoms with van der Waals surface area (Å²) in [4.78, 5) is 0. The summed E-state index contributed by atoms with van der Waals surface area (Å²) < 4.78 is 7.97. The fourth-order valence-corrected chi connectivity index (χ4v) is 9.50. The van der Waals surface area contributed by atoms with Gasteiger partial charge in [-0.15, -0.1) is 0 Å². The summed E-state index contributed by atoms with van der Waals surface area (Å²) in [5.41, 5.74) is 1.75. The van der Waals surface area contributed by atoms with Crippen LogP contribution < -0.4 is 4.43 Å².